The molecule has 0 fully saturated rings. The molecule has 2 aromatic carbocycles. The van der Waals surface area contributed by atoms with Crippen LogP contribution in [0.2, 0.25) is 10.0 Å². The van der Waals surface area contributed by atoms with Crippen molar-refractivity contribution in [3.8, 4) is 0 Å². The monoisotopic (exact) mass is 279 g/mol. The highest BCUT2D eigenvalue weighted by atomic mass is 35.5. The van der Waals surface area contributed by atoms with Crippen LogP contribution in [0.1, 0.15) is 22.7 Å². The zero-order chi connectivity index (χ0) is 13.1. The summed E-state index contributed by atoms with van der Waals surface area (Å²) in [5.74, 6) is 0. The Hall–Kier alpha value is -1.02. The van der Waals surface area contributed by atoms with Crippen LogP contribution in [0.3, 0.4) is 0 Å². The van der Waals surface area contributed by atoms with Gasteiger partial charge in [-0.15, -0.1) is 0 Å². The Kier molecular flexibility index (Phi) is 4.28. The van der Waals surface area contributed by atoms with E-state index in [-0.39, 0.29) is 6.04 Å². The van der Waals surface area contributed by atoms with Crippen LogP contribution in [-0.2, 0) is 0 Å². The summed E-state index contributed by atoms with van der Waals surface area (Å²) in [6.45, 7) is 2.10. The van der Waals surface area contributed by atoms with Crippen molar-refractivity contribution in [1.29, 1.82) is 0 Å². The molecule has 18 heavy (non-hydrogen) atoms. The Morgan fingerprint density at radius 3 is 2.17 bits per heavy atom. The average molecular weight is 280 g/mol. The zero-order valence-electron chi connectivity index (χ0n) is 10.4. The highest BCUT2D eigenvalue weighted by molar-refractivity contribution is 6.34. The lowest BCUT2D eigenvalue weighted by Gasteiger charge is -2.20. The van der Waals surface area contributed by atoms with Crippen molar-refractivity contribution in [2.24, 2.45) is 0 Å². The molecule has 1 unspecified atom stereocenters. The first-order valence-electron chi connectivity index (χ1n) is 5.80. The highest BCUT2D eigenvalue weighted by Crippen LogP contribution is 2.29. The molecule has 2 aromatic rings. The zero-order valence-corrected chi connectivity index (χ0v) is 11.9. The van der Waals surface area contributed by atoms with Gasteiger partial charge in [0.05, 0.1) is 6.04 Å². The molecule has 0 radical (unpaired) electrons. The molecule has 94 valence electrons. The summed E-state index contributed by atoms with van der Waals surface area (Å²) in [6.07, 6.45) is 0. The maximum atomic E-state index is 6.07. The normalized spacial score (nSPS) is 12.4. The predicted molar refractivity (Wildman–Crippen MR) is 78.5 cm³/mol. The number of aryl methyl sites for hydroxylation is 1. The topological polar surface area (TPSA) is 12.0 Å². The summed E-state index contributed by atoms with van der Waals surface area (Å²) in [7, 11) is 1.94. The van der Waals surface area contributed by atoms with Gasteiger partial charge < -0.3 is 5.32 Å². The van der Waals surface area contributed by atoms with Gasteiger partial charge in [0.15, 0.2) is 0 Å². The standard InChI is InChI=1S/C15H15Cl2N/c1-10-5-3-4-6-14(10)15(18-2)11-7-12(16)9-13(17)8-11/h3-9,15,18H,1-2H3. The molecular formula is C15H15Cl2N. The van der Waals surface area contributed by atoms with Crippen molar-refractivity contribution in [3.63, 3.8) is 0 Å². The molecule has 0 amide bonds. The lowest BCUT2D eigenvalue weighted by molar-refractivity contribution is 0.688. The molecule has 1 nitrogen and oxygen atoms in total. The van der Waals surface area contributed by atoms with E-state index in [2.05, 4.69) is 24.4 Å². The van der Waals surface area contributed by atoms with Crippen molar-refractivity contribution in [2.45, 2.75) is 13.0 Å². The maximum Gasteiger partial charge on any atom is 0.0577 e. The maximum absolute atomic E-state index is 6.07. The molecular weight excluding hydrogens is 265 g/mol. The van der Waals surface area contributed by atoms with Gasteiger partial charge in [0.2, 0.25) is 0 Å². The van der Waals surface area contributed by atoms with Gasteiger partial charge in [0, 0.05) is 10.0 Å². The number of hydrogen-bond acceptors (Lipinski definition) is 1. The summed E-state index contributed by atoms with van der Waals surface area (Å²) >= 11 is 12.1. The minimum Gasteiger partial charge on any atom is -0.309 e. The molecule has 0 saturated carbocycles. The predicted octanol–water partition coefficient (Wildman–Crippen LogP) is 4.61. The Balaban J connectivity index is 2.48. The van der Waals surface area contributed by atoms with Gasteiger partial charge >= 0.3 is 0 Å². The molecule has 0 aromatic heterocycles. The fourth-order valence-corrected chi connectivity index (χ4v) is 2.70. The Morgan fingerprint density at radius 1 is 1.00 bits per heavy atom. The van der Waals surface area contributed by atoms with E-state index in [4.69, 9.17) is 23.2 Å². The number of benzene rings is 2. The van der Waals surface area contributed by atoms with Crippen LogP contribution in [0.4, 0.5) is 0 Å². The molecule has 0 saturated heterocycles. The van der Waals surface area contributed by atoms with E-state index in [1.54, 1.807) is 6.07 Å². The van der Waals surface area contributed by atoms with Crippen molar-refractivity contribution in [2.75, 3.05) is 7.05 Å². The first-order chi connectivity index (χ1) is 8.61. The van der Waals surface area contributed by atoms with Crippen LogP contribution in [0.15, 0.2) is 42.5 Å². The lowest BCUT2D eigenvalue weighted by Crippen LogP contribution is -2.18. The molecule has 1 atom stereocenters. The first-order valence-corrected chi connectivity index (χ1v) is 6.56. The highest BCUT2D eigenvalue weighted by Gasteiger charge is 2.14. The van der Waals surface area contributed by atoms with Crippen molar-refractivity contribution < 1.29 is 0 Å². The fraction of sp³-hybridized carbons (Fsp3) is 0.200. The summed E-state index contributed by atoms with van der Waals surface area (Å²) in [5, 5.41) is 4.63. The van der Waals surface area contributed by atoms with Crippen LogP contribution in [0, 0.1) is 6.92 Å². The largest absolute Gasteiger partial charge is 0.309 e. The van der Waals surface area contributed by atoms with Crippen molar-refractivity contribution in [3.05, 3.63) is 69.2 Å². The minimum atomic E-state index is 0.0994. The van der Waals surface area contributed by atoms with Gasteiger partial charge in [-0.3, -0.25) is 0 Å². The third kappa shape index (κ3) is 2.86. The van der Waals surface area contributed by atoms with Crippen molar-refractivity contribution >= 4 is 23.2 Å². The van der Waals surface area contributed by atoms with Crippen molar-refractivity contribution in [1.82, 2.24) is 5.32 Å². The van der Waals surface area contributed by atoms with E-state index < -0.39 is 0 Å². The Bertz CT molecular complexity index is 532. The average Bonchev–Trinajstić information content (AvgIpc) is 2.31. The van der Waals surface area contributed by atoms with Crippen LogP contribution < -0.4 is 5.32 Å². The molecule has 0 bridgehead atoms. The Morgan fingerprint density at radius 2 is 1.61 bits per heavy atom. The van der Waals surface area contributed by atoms with E-state index in [9.17, 15) is 0 Å². The lowest BCUT2D eigenvalue weighted by atomic mass is 9.95. The fourth-order valence-electron chi connectivity index (χ4n) is 2.15. The molecule has 0 spiro atoms. The SMILES string of the molecule is CNC(c1cc(Cl)cc(Cl)c1)c1ccccc1C. The number of hydrogen-bond donors (Lipinski definition) is 1. The minimum absolute atomic E-state index is 0.0994. The van der Waals surface area contributed by atoms with E-state index in [1.165, 1.54) is 11.1 Å². The summed E-state index contributed by atoms with van der Waals surface area (Å²) in [6, 6.07) is 14.0. The summed E-state index contributed by atoms with van der Waals surface area (Å²) in [5.41, 5.74) is 3.55. The van der Waals surface area contributed by atoms with E-state index in [0.29, 0.717) is 10.0 Å². The van der Waals surface area contributed by atoms with E-state index >= 15 is 0 Å². The second kappa shape index (κ2) is 5.75. The van der Waals surface area contributed by atoms with Gasteiger partial charge in [0.1, 0.15) is 0 Å². The van der Waals surface area contributed by atoms with Crippen LogP contribution in [0.5, 0.6) is 0 Å². The summed E-state index contributed by atoms with van der Waals surface area (Å²) < 4.78 is 0. The van der Waals surface area contributed by atoms with Crippen LogP contribution >= 0.6 is 23.2 Å². The van der Waals surface area contributed by atoms with Gasteiger partial charge in [-0.1, -0.05) is 47.5 Å². The number of rotatable bonds is 3. The molecule has 0 aliphatic heterocycles. The molecule has 0 heterocycles. The quantitative estimate of drug-likeness (QED) is 0.865. The second-order valence-corrected chi connectivity index (χ2v) is 5.15. The smallest absolute Gasteiger partial charge is 0.0577 e. The molecule has 2 rings (SSSR count). The third-order valence-corrected chi connectivity index (χ3v) is 3.44. The number of halogens is 2. The molecule has 0 aliphatic rings. The molecule has 0 aliphatic carbocycles. The van der Waals surface area contributed by atoms with E-state index in [0.717, 1.165) is 5.56 Å². The third-order valence-electron chi connectivity index (χ3n) is 3.01. The molecule has 1 N–H and O–H groups in total. The number of nitrogens with one attached hydrogen (secondary N) is 1. The molecule has 3 heteroatoms. The van der Waals surface area contributed by atoms with E-state index in [1.807, 2.05) is 31.3 Å². The van der Waals surface area contributed by atoms with Crippen LogP contribution in [-0.4, -0.2) is 7.05 Å². The summed E-state index contributed by atoms with van der Waals surface area (Å²) in [4.78, 5) is 0. The Labute approximate surface area is 118 Å². The van der Waals surface area contributed by atoms with Gasteiger partial charge in [-0.25, -0.2) is 0 Å². The van der Waals surface area contributed by atoms with Crippen LogP contribution in [0.25, 0.3) is 0 Å². The first kappa shape index (κ1) is 13.4. The van der Waals surface area contributed by atoms with Gasteiger partial charge in [-0.05, 0) is 48.9 Å². The second-order valence-electron chi connectivity index (χ2n) is 4.28. The van der Waals surface area contributed by atoms with Gasteiger partial charge in [0.25, 0.3) is 0 Å². The van der Waals surface area contributed by atoms with Gasteiger partial charge in [-0.2, -0.15) is 0 Å².